The number of aliphatic carboxylic acids is 1. The molecule has 2 heterocycles. The van der Waals surface area contributed by atoms with Gasteiger partial charge in [0.25, 0.3) is 11.7 Å². The quantitative estimate of drug-likeness (QED) is 0.798. The van der Waals surface area contributed by atoms with E-state index in [4.69, 9.17) is 9.63 Å². The molecule has 1 aromatic heterocycles. The fourth-order valence-corrected chi connectivity index (χ4v) is 1.89. The molecular weight excluding hydrogens is 226 g/mol. The molecule has 92 valence electrons. The van der Waals surface area contributed by atoms with Gasteiger partial charge in [0, 0.05) is 20.0 Å². The molecule has 7 heteroatoms. The summed E-state index contributed by atoms with van der Waals surface area (Å²) in [5.74, 6) is -1.42. The van der Waals surface area contributed by atoms with Crippen molar-refractivity contribution in [3.8, 4) is 0 Å². The second kappa shape index (κ2) is 4.52. The van der Waals surface area contributed by atoms with Crippen LogP contribution in [0.4, 0.5) is 0 Å². The van der Waals surface area contributed by atoms with Gasteiger partial charge < -0.3 is 14.5 Å². The Morgan fingerprint density at radius 3 is 2.88 bits per heavy atom. The van der Waals surface area contributed by atoms with E-state index in [0.29, 0.717) is 25.3 Å². The molecule has 0 radical (unpaired) electrons. The number of hydrogen-bond acceptors (Lipinski definition) is 5. The number of aromatic nitrogens is 2. The predicted molar refractivity (Wildman–Crippen MR) is 55.3 cm³/mol. The van der Waals surface area contributed by atoms with Gasteiger partial charge in [-0.3, -0.25) is 9.59 Å². The summed E-state index contributed by atoms with van der Waals surface area (Å²) in [4.78, 5) is 28.1. The summed E-state index contributed by atoms with van der Waals surface area (Å²) in [6, 6.07) is 0. The molecule has 1 N–H and O–H groups in total. The van der Waals surface area contributed by atoms with Crippen LogP contribution in [0.25, 0.3) is 0 Å². The van der Waals surface area contributed by atoms with Crippen LogP contribution in [0.5, 0.6) is 0 Å². The van der Waals surface area contributed by atoms with Crippen LogP contribution >= 0.6 is 0 Å². The smallest absolute Gasteiger partial charge is 0.308 e. The average Bonchev–Trinajstić information content (AvgIpc) is 2.75. The molecule has 2 rings (SSSR count). The lowest BCUT2D eigenvalue weighted by atomic mass is 9.98. The number of hydrogen-bond donors (Lipinski definition) is 1. The topological polar surface area (TPSA) is 96.5 Å². The minimum absolute atomic E-state index is 0.00598. The zero-order valence-electron chi connectivity index (χ0n) is 9.42. The Balaban J connectivity index is 2.07. The third-order valence-corrected chi connectivity index (χ3v) is 2.78. The summed E-state index contributed by atoms with van der Waals surface area (Å²) in [5, 5.41) is 12.5. The molecule has 1 atom stereocenters. The van der Waals surface area contributed by atoms with Gasteiger partial charge in [0.2, 0.25) is 5.89 Å². The second-order valence-electron chi connectivity index (χ2n) is 4.07. The van der Waals surface area contributed by atoms with Crippen LogP contribution in [0.2, 0.25) is 0 Å². The Morgan fingerprint density at radius 2 is 2.29 bits per heavy atom. The zero-order chi connectivity index (χ0) is 12.4. The lowest BCUT2D eigenvalue weighted by Crippen LogP contribution is -2.42. The van der Waals surface area contributed by atoms with E-state index < -0.39 is 11.9 Å². The SMILES string of the molecule is Cc1nc(C(=O)N2CCCC(C(=O)O)C2)no1. The number of piperidine rings is 1. The summed E-state index contributed by atoms with van der Waals surface area (Å²) in [5.41, 5.74) is 0. The maximum Gasteiger partial charge on any atom is 0.308 e. The number of aryl methyl sites for hydroxylation is 1. The molecule has 7 nitrogen and oxygen atoms in total. The van der Waals surface area contributed by atoms with Crippen molar-refractivity contribution < 1.29 is 19.2 Å². The highest BCUT2D eigenvalue weighted by molar-refractivity contribution is 5.90. The molecule has 0 aliphatic carbocycles. The average molecular weight is 239 g/mol. The molecule has 0 spiro atoms. The molecule has 0 aromatic carbocycles. The summed E-state index contributed by atoms with van der Waals surface area (Å²) in [6.45, 7) is 2.35. The Hall–Kier alpha value is -1.92. The first-order chi connectivity index (χ1) is 8.08. The fourth-order valence-electron chi connectivity index (χ4n) is 1.89. The lowest BCUT2D eigenvalue weighted by molar-refractivity contribution is -0.143. The number of carboxylic acids is 1. The number of carboxylic acid groups (broad SMARTS) is 1. The molecule has 1 saturated heterocycles. The standard InChI is InChI=1S/C10H13N3O4/c1-6-11-8(12-17-6)9(14)13-4-2-3-7(5-13)10(15)16/h7H,2-5H2,1H3,(H,15,16). The van der Waals surface area contributed by atoms with Gasteiger partial charge in [-0.25, -0.2) is 0 Å². The van der Waals surface area contributed by atoms with Gasteiger partial charge in [-0.1, -0.05) is 5.16 Å². The Kier molecular flexibility index (Phi) is 3.08. The van der Waals surface area contributed by atoms with E-state index in [2.05, 4.69) is 10.1 Å². The van der Waals surface area contributed by atoms with E-state index >= 15 is 0 Å². The number of nitrogens with zero attached hydrogens (tertiary/aromatic N) is 3. The van der Waals surface area contributed by atoms with Crippen molar-refractivity contribution in [2.75, 3.05) is 13.1 Å². The number of likely N-dealkylation sites (tertiary alicyclic amines) is 1. The molecule has 1 aromatic rings. The van der Waals surface area contributed by atoms with Crippen LogP contribution in [-0.4, -0.2) is 45.1 Å². The van der Waals surface area contributed by atoms with Gasteiger partial charge >= 0.3 is 5.97 Å². The van der Waals surface area contributed by atoms with Crippen LogP contribution in [-0.2, 0) is 4.79 Å². The van der Waals surface area contributed by atoms with Crippen LogP contribution in [0.15, 0.2) is 4.52 Å². The van der Waals surface area contributed by atoms with Gasteiger partial charge in [-0.15, -0.1) is 0 Å². The van der Waals surface area contributed by atoms with E-state index in [1.807, 2.05) is 0 Å². The normalized spacial score (nSPS) is 20.3. The van der Waals surface area contributed by atoms with Crippen molar-refractivity contribution in [3.05, 3.63) is 11.7 Å². The van der Waals surface area contributed by atoms with Crippen molar-refractivity contribution >= 4 is 11.9 Å². The highest BCUT2D eigenvalue weighted by atomic mass is 16.5. The van der Waals surface area contributed by atoms with Gasteiger partial charge in [-0.05, 0) is 12.8 Å². The largest absolute Gasteiger partial charge is 0.481 e. The highest BCUT2D eigenvalue weighted by Gasteiger charge is 2.30. The minimum atomic E-state index is -0.869. The van der Waals surface area contributed by atoms with E-state index in [1.165, 1.54) is 4.90 Å². The van der Waals surface area contributed by atoms with Crippen LogP contribution < -0.4 is 0 Å². The molecule has 0 bridgehead atoms. The third-order valence-electron chi connectivity index (χ3n) is 2.78. The van der Waals surface area contributed by atoms with Crippen molar-refractivity contribution in [3.63, 3.8) is 0 Å². The van der Waals surface area contributed by atoms with Crippen LogP contribution in [0, 0.1) is 12.8 Å². The number of carbonyl (C=O) groups is 2. The lowest BCUT2D eigenvalue weighted by Gasteiger charge is -2.29. The molecule has 1 unspecified atom stereocenters. The highest BCUT2D eigenvalue weighted by Crippen LogP contribution is 2.18. The third kappa shape index (κ3) is 2.43. The summed E-state index contributed by atoms with van der Waals surface area (Å²) < 4.78 is 4.73. The summed E-state index contributed by atoms with van der Waals surface area (Å²) in [6.07, 6.45) is 1.28. The zero-order valence-corrected chi connectivity index (χ0v) is 9.42. The van der Waals surface area contributed by atoms with E-state index in [9.17, 15) is 9.59 Å². The predicted octanol–water partition coefficient (Wildman–Crippen LogP) is 0.315. The van der Waals surface area contributed by atoms with Gasteiger partial charge in [-0.2, -0.15) is 4.98 Å². The first kappa shape index (κ1) is 11.6. The maximum absolute atomic E-state index is 11.9. The van der Waals surface area contributed by atoms with Gasteiger partial charge in [0.15, 0.2) is 0 Å². The minimum Gasteiger partial charge on any atom is -0.481 e. The molecule has 1 fully saturated rings. The molecule has 17 heavy (non-hydrogen) atoms. The monoisotopic (exact) mass is 239 g/mol. The second-order valence-corrected chi connectivity index (χ2v) is 4.07. The van der Waals surface area contributed by atoms with Crippen LogP contribution in [0.1, 0.15) is 29.4 Å². The van der Waals surface area contributed by atoms with Crippen molar-refractivity contribution in [1.82, 2.24) is 15.0 Å². The van der Waals surface area contributed by atoms with Crippen molar-refractivity contribution in [2.45, 2.75) is 19.8 Å². The van der Waals surface area contributed by atoms with Crippen molar-refractivity contribution in [2.24, 2.45) is 5.92 Å². The molecule has 0 saturated carbocycles. The first-order valence-electron chi connectivity index (χ1n) is 5.40. The molecule has 1 amide bonds. The van der Waals surface area contributed by atoms with Gasteiger partial charge in [0.1, 0.15) is 0 Å². The molecular formula is C10H13N3O4. The number of rotatable bonds is 2. The summed E-state index contributed by atoms with van der Waals surface area (Å²) >= 11 is 0. The van der Waals surface area contributed by atoms with Crippen LogP contribution in [0.3, 0.4) is 0 Å². The maximum atomic E-state index is 11.9. The molecule has 1 aliphatic rings. The van der Waals surface area contributed by atoms with Crippen molar-refractivity contribution in [1.29, 1.82) is 0 Å². The van der Waals surface area contributed by atoms with Gasteiger partial charge in [0.05, 0.1) is 5.92 Å². The fraction of sp³-hybridized carbons (Fsp3) is 0.600. The van der Waals surface area contributed by atoms with E-state index in [0.717, 1.165) is 0 Å². The molecule has 1 aliphatic heterocycles. The van der Waals surface area contributed by atoms with E-state index in [1.54, 1.807) is 6.92 Å². The van der Waals surface area contributed by atoms with E-state index in [-0.39, 0.29) is 18.3 Å². The Labute approximate surface area is 97.4 Å². The Morgan fingerprint density at radius 1 is 1.53 bits per heavy atom. The Bertz CT molecular complexity index is 443. The number of amides is 1. The first-order valence-corrected chi connectivity index (χ1v) is 5.40. The number of carbonyl (C=O) groups excluding carboxylic acids is 1. The summed E-state index contributed by atoms with van der Waals surface area (Å²) in [7, 11) is 0.